The van der Waals surface area contributed by atoms with Gasteiger partial charge in [0.2, 0.25) is 0 Å². The van der Waals surface area contributed by atoms with Gasteiger partial charge in [-0.25, -0.2) is 0 Å². The Kier molecular flexibility index (Phi) is 6.90. The molecule has 1 aliphatic heterocycles. The topological polar surface area (TPSA) is 53.1 Å². The third-order valence-electron chi connectivity index (χ3n) is 3.61. The number of nitrogens with two attached hydrogens (primary N) is 1. The van der Waals surface area contributed by atoms with Crippen LogP contribution in [0.3, 0.4) is 0 Å². The van der Waals surface area contributed by atoms with Gasteiger partial charge in [-0.15, -0.1) is 5.70 Å². The van der Waals surface area contributed by atoms with E-state index in [0.29, 0.717) is 17.8 Å². The maximum Gasteiger partial charge on any atom is 1.00 e. The van der Waals surface area contributed by atoms with Gasteiger partial charge in [-0.1, -0.05) is 50.1 Å². The summed E-state index contributed by atoms with van der Waals surface area (Å²) in [5, 5.41) is 0. The summed E-state index contributed by atoms with van der Waals surface area (Å²) in [5.41, 5.74) is 19.6. The van der Waals surface area contributed by atoms with Crippen LogP contribution in [-0.2, 0) is 0 Å². The van der Waals surface area contributed by atoms with Crippen molar-refractivity contribution in [2.75, 3.05) is 11.4 Å². The Bertz CT molecular complexity index is 683. The molecule has 0 atom stereocenters. The molecule has 0 saturated carbocycles. The first-order valence-electron chi connectivity index (χ1n) is 6.73. The van der Waals surface area contributed by atoms with Crippen molar-refractivity contribution in [3.63, 3.8) is 0 Å². The number of nitrogens with one attached hydrogen (secondary N) is 1. The van der Waals surface area contributed by atoms with Gasteiger partial charge in [0.15, 0.2) is 0 Å². The van der Waals surface area contributed by atoms with E-state index in [-0.39, 0.29) is 57.1 Å². The molecular formula is C18H20KN3. The van der Waals surface area contributed by atoms with Crippen LogP contribution in [0.4, 0.5) is 5.69 Å². The Morgan fingerprint density at radius 2 is 1.91 bits per heavy atom. The van der Waals surface area contributed by atoms with Gasteiger partial charge in [-0.2, -0.15) is 0 Å². The van der Waals surface area contributed by atoms with Crippen molar-refractivity contribution in [1.29, 1.82) is 0 Å². The molecule has 4 heteroatoms. The van der Waals surface area contributed by atoms with Crippen LogP contribution in [0.2, 0.25) is 0 Å². The van der Waals surface area contributed by atoms with Crippen molar-refractivity contribution >= 4 is 11.4 Å². The van der Waals surface area contributed by atoms with Crippen LogP contribution in [0.5, 0.6) is 0 Å². The molecule has 0 radical (unpaired) electrons. The molecule has 0 amide bonds. The third kappa shape index (κ3) is 3.47. The zero-order valence-electron chi connectivity index (χ0n) is 13.3. The predicted octanol–water partition coefficient (Wildman–Crippen LogP) is 1.39. The molecule has 2 rings (SSSR count). The van der Waals surface area contributed by atoms with Gasteiger partial charge >= 0.3 is 51.4 Å². The molecule has 0 unspecified atom stereocenters. The van der Waals surface area contributed by atoms with E-state index in [1.54, 1.807) is 12.2 Å². The van der Waals surface area contributed by atoms with Crippen molar-refractivity contribution in [3.05, 3.63) is 90.0 Å². The number of benzene rings is 1. The second kappa shape index (κ2) is 7.99. The number of para-hydroxylation sites is 1. The average Bonchev–Trinajstić information content (AvgIpc) is 2.48. The normalized spacial score (nSPS) is 21.0. The van der Waals surface area contributed by atoms with Gasteiger partial charge in [0.25, 0.3) is 0 Å². The van der Waals surface area contributed by atoms with Crippen molar-refractivity contribution in [2.24, 2.45) is 5.73 Å². The second-order valence-corrected chi connectivity index (χ2v) is 4.97. The Morgan fingerprint density at radius 3 is 2.45 bits per heavy atom. The Labute approximate surface area is 175 Å². The van der Waals surface area contributed by atoms with E-state index in [1.807, 2.05) is 31.2 Å². The summed E-state index contributed by atoms with van der Waals surface area (Å²) < 4.78 is 0. The summed E-state index contributed by atoms with van der Waals surface area (Å²) in [6, 6.07) is 7.79. The van der Waals surface area contributed by atoms with Gasteiger partial charge in [0.1, 0.15) is 0 Å². The van der Waals surface area contributed by atoms with Crippen LogP contribution in [0.15, 0.2) is 78.7 Å². The maximum absolute atomic E-state index is 8.35. The van der Waals surface area contributed by atoms with Crippen LogP contribution in [0, 0.1) is 0 Å². The molecule has 0 aromatic heterocycles. The minimum atomic E-state index is 0. The maximum atomic E-state index is 8.35. The van der Waals surface area contributed by atoms with Gasteiger partial charge in [-0.3, -0.25) is 0 Å². The molecule has 3 nitrogen and oxygen atoms in total. The van der Waals surface area contributed by atoms with Gasteiger partial charge in [-0.05, 0) is 24.1 Å². The molecule has 0 fully saturated rings. The largest absolute Gasteiger partial charge is 1.00 e. The minimum Gasteiger partial charge on any atom is -0.697 e. The first kappa shape index (κ1) is 19.0. The number of nitrogens with zero attached hydrogens (tertiary/aromatic N) is 1. The van der Waals surface area contributed by atoms with Gasteiger partial charge < -0.3 is 16.4 Å². The van der Waals surface area contributed by atoms with E-state index < -0.39 is 0 Å². The molecule has 0 spiro atoms. The van der Waals surface area contributed by atoms with Crippen molar-refractivity contribution in [1.82, 2.24) is 0 Å². The third-order valence-corrected chi connectivity index (χ3v) is 3.61. The van der Waals surface area contributed by atoms with E-state index in [2.05, 4.69) is 24.6 Å². The number of hydrogen-bond donors (Lipinski definition) is 1. The summed E-state index contributed by atoms with van der Waals surface area (Å²) in [4.78, 5) is 2.08. The van der Waals surface area contributed by atoms with E-state index in [4.69, 9.17) is 11.5 Å². The molecule has 0 bridgehead atoms. The van der Waals surface area contributed by atoms with Gasteiger partial charge in [0, 0.05) is 23.5 Å². The number of rotatable bonds is 3. The average molecular weight is 317 g/mol. The van der Waals surface area contributed by atoms with E-state index in [1.165, 1.54) is 0 Å². The zero-order valence-corrected chi connectivity index (χ0v) is 16.4. The fraction of sp³-hybridized carbons (Fsp3) is 0.111. The summed E-state index contributed by atoms with van der Waals surface area (Å²) >= 11 is 0. The Morgan fingerprint density at radius 1 is 1.27 bits per heavy atom. The SMILES string of the molecule is C=C/C1=C(C=C)/C([NH-])=C(/N)c2ccccc2N(C(=C)C)C1.[K+]. The summed E-state index contributed by atoms with van der Waals surface area (Å²) in [5.74, 6) is 0. The van der Waals surface area contributed by atoms with E-state index in [0.717, 1.165) is 22.5 Å². The summed E-state index contributed by atoms with van der Waals surface area (Å²) in [6.07, 6.45) is 3.42. The van der Waals surface area contributed by atoms with Crippen LogP contribution < -0.4 is 62.0 Å². The first-order valence-corrected chi connectivity index (χ1v) is 6.73. The van der Waals surface area contributed by atoms with Crippen LogP contribution in [0.1, 0.15) is 12.5 Å². The standard InChI is InChI=1S/C18H20N3.K/c1-5-13-11-21(12(3)4)16-10-8-7-9-15(16)18(20)17(19)14(13)6-2;/h5-10,19H,1-3,11,20H2,4H3;/q-1;+1/b14-13-,18-17-;. The fourth-order valence-corrected chi connectivity index (χ4v) is 2.47. The molecule has 1 aromatic rings. The van der Waals surface area contributed by atoms with E-state index >= 15 is 0 Å². The predicted molar refractivity (Wildman–Crippen MR) is 91.5 cm³/mol. The Hall–Kier alpha value is -1.04. The number of allylic oxidation sites excluding steroid dienone is 2. The number of fused-ring (bicyclic) bond motifs is 1. The quantitative estimate of drug-likeness (QED) is 0.857. The Balaban J connectivity index is 0.00000242. The van der Waals surface area contributed by atoms with Crippen molar-refractivity contribution in [3.8, 4) is 0 Å². The molecular weight excluding hydrogens is 297 g/mol. The molecule has 1 aromatic carbocycles. The number of hydrogen-bond acceptors (Lipinski definition) is 2. The zero-order chi connectivity index (χ0) is 15.6. The van der Waals surface area contributed by atoms with Crippen LogP contribution in [-0.4, -0.2) is 6.54 Å². The smallest absolute Gasteiger partial charge is 0.697 e. The minimum absolute atomic E-state index is 0. The second-order valence-electron chi connectivity index (χ2n) is 4.97. The molecule has 22 heavy (non-hydrogen) atoms. The monoisotopic (exact) mass is 317 g/mol. The summed E-state index contributed by atoms with van der Waals surface area (Å²) in [7, 11) is 0. The van der Waals surface area contributed by atoms with Crippen molar-refractivity contribution in [2.45, 2.75) is 6.92 Å². The molecule has 3 N–H and O–H groups in total. The fourth-order valence-electron chi connectivity index (χ4n) is 2.47. The molecule has 1 aliphatic rings. The van der Waals surface area contributed by atoms with Crippen LogP contribution in [0.25, 0.3) is 11.4 Å². The van der Waals surface area contributed by atoms with E-state index in [9.17, 15) is 0 Å². The van der Waals surface area contributed by atoms with Gasteiger partial charge in [0.05, 0.1) is 5.69 Å². The first-order chi connectivity index (χ1) is 10.0. The molecule has 0 saturated heterocycles. The number of anilines is 1. The molecule has 1 heterocycles. The van der Waals surface area contributed by atoms with Crippen LogP contribution >= 0.6 is 0 Å². The molecule has 108 valence electrons. The van der Waals surface area contributed by atoms with Crippen molar-refractivity contribution < 1.29 is 51.4 Å². The molecule has 0 aliphatic carbocycles. The summed E-state index contributed by atoms with van der Waals surface area (Å²) in [6.45, 7) is 14.3.